The smallest absolute Gasteiger partial charge is 0.408 e. The van der Waals surface area contributed by atoms with Crippen LogP contribution in [0.3, 0.4) is 0 Å². The largest absolute Gasteiger partial charge is 0.444 e. The average molecular weight is 502 g/mol. The van der Waals surface area contributed by atoms with Crippen molar-refractivity contribution in [3.05, 3.63) is 47.5 Å². The van der Waals surface area contributed by atoms with Gasteiger partial charge in [0.1, 0.15) is 17.7 Å². The number of alkyl carbamates (subject to hydrolysis) is 1. The topological polar surface area (TPSA) is 87.7 Å². The Morgan fingerprint density at radius 3 is 2.25 bits per heavy atom. The molecule has 0 fully saturated rings. The van der Waals surface area contributed by atoms with E-state index in [0.717, 1.165) is 29.5 Å². The Kier molecular flexibility index (Phi) is 12.2. The summed E-state index contributed by atoms with van der Waals surface area (Å²) in [4.78, 5) is 41.8. The van der Waals surface area contributed by atoms with E-state index >= 15 is 0 Å². The van der Waals surface area contributed by atoms with E-state index < -0.39 is 23.8 Å². The Labute approximate surface area is 218 Å². The number of amides is 3. The van der Waals surface area contributed by atoms with Gasteiger partial charge in [0.15, 0.2) is 0 Å². The summed E-state index contributed by atoms with van der Waals surface area (Å²) >= 11 is 0. The third kappa shape index (κ3) is 10.0. The van der Waals surface area contributed by atoms with Crippen molar-refractivity contribution >= 4 is 17.9 Å². The molecule has 7 heteroatoms. The summed E-state index contributed by atoms with van der Waals surface area (Å²) in [5.74, 6) is -0.478. The Morgan fingerprint density at radius 1 is 1.11 bits per heavy atom. The van der Waals surface area contributed by atoms with E-state index in [2.05, 4.69) is 24.1 Å². The maximum absolute atomic E-state index is 14.0. The molecule has 202 valence electrons. The molecule has 7 nitrogen and oxygen atoms in total. The van der Waals surface area contributed by atoms with Gasteiger partial charge in [0.25, 0.3) is 0 Å². The highest BCUT2D eigenvalue weighted by Crippen LogP contribution is 2.27. The normalized spacial score (nSPS) is 13.9. The van der Waals surface area contributed by atoms with Crippen LogP contribution in [-0.4, -0.2) is 47.0 Å². The van der Waals surface area contributed by atoms with Crippen molar-refractivity contribution in [2.45, 2.75) is 105 Å². The zero-order valence-corrected chi connectivity index (χ0v) is 23.7. The first-order valence-corrected chi connectivity index (χ1v) is 13.0. The number of aryl methyl sites for hydroxylation is 2. The fourth-order valence-corrected chi connectivity index (χ4v) is 4.21. The van der Waals surface area contributed by atoms with Gasteiger partial charge in [-0.25, -0.2) is 4.79 Å². The van der Waals surface area contributed by atoms with Crippen LogP contribution < -0.4 is 10.6 Å². The van der Waals surface area contributed by atoms with E-state index in [4.69, 9.17) is 4.74 Å². The van der Waals surface area contributed by atoms with E-state index in [1.807, 2.05) is 52.8 Å². The van der Waals surface area contributed by atoms with Crippen LogP contribution in [0.2, 0.25) is 0 Å². The van der Waals surface area contributed by atoms with Crippen molar-refractivity contribution in [3.8, 4) is 0 Å². The van der Waals surface area contributed by atoms with E-state index in [1.54, 1.807) is 26.8 Å². The molecule has 0 spiro atoms. The summed E-state index contributed by atoms with van der Waals surface area (Å²) < 4.78 is 5.42. The summed E-state index contributed by atoms with van der Waals surface area (Å²) in [6.07, 6.45) is 3.11. The van der Waals surface area contributed by atoms with Crippen molar-refractivity contribution in [1.82, 2.24) is 15.5 Å². The summed E-state index contributed by atoms with van der Waals surface area (Å²) in [6, 6.07) is 4.09. The first kappa shape index (κ1) is 31.2. The second-order valence-electron chi connectivity index (χ2n) is 11.1. The molecule has 36 heavy (non-hydrogen) atoms. The van der Waals surface area contributed by atoms with Crippen molar-refractivity contribution < 1.29 is 19.1 Å². The molecule has 0 aliphatic heterocycles. The third-order valence-corrected chi connectivity index (χ3v) is 5.70. The molecular formula is C29H47N3O4. The maximum atomic E-state index is 14.0. The van der Waals surface area contributed by atoms with Crippen LogP contribution in [0, 0.1) is 19.8 Å². The lowest BCUT2D eigenvalue weighted by Gasteiger charge is -2.35. The second kappa shape index (κ2) is 14.0. The van der Waals surface area contributed by atoms with Gasteiger partial charge in [-0.05, 0) is 71.4 Å². The Balaban J connectivity index is 3.51. The minimum Gasteiger partial charge on any atom is -0.444 e. The lowest BCUT2D eigenvalue weighted by atomic mass is 9.95. The molecule has 0 radical (unpaired) electrons. The molecule has 3 amide bonds. The molecule has 0 saturated heterocycles. The van der Waals surface area contributed by atoms with Crippen LogP contribution in [0.5, 0.6) is 0 Å². The first-order chi connectivity index (χ1) is 16.7. The highest BCUT2D eigenvalue weighted by Gasteiger charge is 2.37. The lowest BCUT2D eigenvalue weighted by Crippen LogP contribution is -2.54. The number of benzene rings is 1. The number of ether oxygens (including phenoxy) is 1. The molecule has 2 N–H and O–H groups in total. The SMILES string of the molecule is C=CCN(C(=O)C(CC(C)C)NC(=O)OC(C)(C)C)C(C(=O)NC(C)CCC)c1ccc(C)cc1C. The zero-order valence-electron chi connectivity index (χ0n) is 23.7. The molecule has 0 saturated carbocycles. The van der Waals surface area contributed by atoms with Gasteiger partial charge < -0.3 is 20.3 Å². The molecule has 0 bridgehead atoms. The van der Waals surface area contributed by atoms with Gasteiger partial charge in [0, 0.05) is 12.6 Å². The third-order valence-electron chi connectivity index (χ3n) is 5.70. The number of nitrogens with zero attached hydrogens (tertiary/aromatic N) is 1. The van der Waals surface area contributed by atoms with Gasteiger partial charge in [-0.2, -0.15) is 0 Å². The van der Waals surface area contributed by atoms with Gasteiger partial charge in [0.05, 0.1) is 0 Å². The monoisotopic (exact) mass is 501 g/mol. The molecule has 3 unspecified atom stereocenters. The van der Waals surface area contributed by atoms with Crippen LogP contribution in [0.1, 0.15) is 90.5 Å². The minimum atomic E-state index is -0.870. The van der Waals surface area contributed by atoms with E-state index in [-0.39, 0.29) is 30.3 Å². The van der Waals surface area contributed by atoms with Gasteiger partial charge in [-0.1, -0.05) is 57.0 Å². The molecule has 0 aliphatic carbocycles. The Hall–Kier alpha value is -2.83. The van der Waals surface area contributed by atoms with Gasteiger partial charge in [-0.15, -0.1) is 6.58 Å². The zero-order chi connectivity index (χ0) is 27.6. The highest BCUT2D eigenvalue weighted by atomic mass is 16.6. The molecule has 0 aliphatic rings. The van der Waals surface area contributed by atoms with Crippen LogP contribution in [0.4, 0.5) is 4.79 Å². The predicted molar refractivity (Wildman–Crippen MR) is 146 cm³/mol. The van der Waals surface area contributed by atoms with Crippen LogP contribution in [-0.2, 0) is 14.3 Å². The van der Waals surface area contributed by atoms with Crippen molar-refractivity contribution in [2.24, 2.45) is 5.92 Å². The van der Waals surface area contributed by atoms with Gasteiger partial charge >= 0.3 is 6.09 Å². The Bertz CT molecular complexity index is 904. The van der Waals surface area contributed by atoms with E-state index in [9.17, 15) is 14.4 Å². The quantitative estimate of drug-likeness (QED) is 0.365. The molecule has 1 rings (SSSR count). The minimum absolute atomic E-state index is 0.0391. The van der Waals surface area contributed by atoms with Crippen LogP contribution in [0.15, 0.2) is 30.9 Å². The number of nitrogens with one attached hydrogen (secondary N) is 2. The van der Waals surface area contributed by atoms with Crippen molar-refractivity contribution in [1.29, 1.82) is 0 Å². The standard InChI is InChI=1S/C29H47N3O4/c1-11-13-22(7)30-26(33)25(23-15-14-20(5)18-21(23)6)32(16-12-2)27(34)24(17-19(3)4)31-28(35)36-29(8,9)10/h12,14-15,18-19,22,24-25H,2,11,13,16-17H2,1,3-10H3,(H,30,33)(H,31,35). The van der Waals surface area contributed by atoms with E-state index in [1.165, 1.54) is 4.90 Å². The molecule has 0 aromatic heterocycles. The molecule has 3 atom stereocenters. The summed E-state index contributed by atoms with van der Waals surface area (Å²) in [5.41, 5.74) is 2.03. The first-order valence-electron chi connectivity index (χ1n) is 13.0. The van der Waals surface area contributed by atoms with Crippen molar-refractivity contribution in [3.63, 3.8) is 0 Å². The molecule has 0 heterocycles. The number of rotatable bonds is 12. The fraction of sp³-hybridized carbons (Fsp3) is 0.621. The maximum Gasteiger partial charge on any atom is 0.408 e. The Morgan fingerprint density at radius 2 is 1.75 bits per heavy atom. The summed E-state index contributed by atoms with van der Waals surface area (Å²) in [6.45, 7) is 21.2. The van der Waals surface area contributed by atoms with Crippen LogP contribution in [0.25, 0.3) is 0 Å². The number of hydrogen-bond acceptors (Lipinski definition) is 4. The average Bonchev–Trinajstić information content (AvgIpc) is 2.72. The second-order valence-corrected chi connectivity index (χ2v) is 11.1. The molecule has 1 aromatic carbocycles. The lowest BCUT2D eigenvalue weighted by molar-refractivity contribution is -0.142. The molecule has 1 aromatic rings. The van der Waals surface area contributed by atoms with Gasteiger partial charge in [0.2, 0.25) is 11.8 Å². The fourth-order valence-electron chi connectivity index (χ4n) is 4.21. The van der Waals surface area contributed by atoms with Gasteiger partial charge in [-0.3, -0.25) is 9.59 Å². The predicted octanol–water partition coefficient (Wildman–Crippen LogP) is 5.60. The van der Waals surface area contributed by atoms with E-state index in [0.29, 0.717) is 6.42 Å². The number of carbonyl (C=O) groups excluding carboxylic acids is 3. The molecular weight excluding hydrogens is 454 g/mol. The summed E-state index contributed by atoms with van der Waals surface area (Å²) in [7, 11) is 0. The van der Waals surface area contributed by atoms with Crippen molar-refractivity contribution in [2.75, 3.05) is 6.54 Å². The number of carbonyl (C=O) groups is 3. The van der Waals surface area contributed by atoms with Crippen LogP contribution >= 0.6 is 0 Å². The number of hydrogen-bond donors (Lipinski definition) is 2. The summed E-state index contributed by atoms with van der Waals surface area (Å²) in [5, 5.41) is 5.84. The highest BCUT2D eigenvalue weighted by molar-refractivity contribution is 5.92.